The van der Waals surface area contributed by atoms with Crippen LogP contribution in [0, 0.1) is 11.9 Å². The first-order valence-corrected chi connectivity index (χ1v) is 2.99. The normalized spacial score (nSPS) is 9.40. The SMILES string of the molecule is CCOc1c[c]c(F)cn1. The molecule has 0 aliphatic heterocycles. The summed E-state index contributed by atoms with van der Waals surface area (Å²) in [5, 5.41) is 0. The lowest BCUT2D eigenvalue weighted by Gasteiger charge is -1.98. The van der Waals surface area contributed by atoms with Gasteiger partial charge in [-0.1, -0.05) is 0 Å². The summed E-state index contributed by atoms with van der Waals surface area (Å²) in [6.45, 7) is 2.37. The second-order valence-electron chi connectivity index (χ2n) is 1.67. The Kier molecular flexibility index (Phi) is 2.20. The standard InChI is InChI=1S/C7H7FNO/c1-2-10-7-4-3-6(8)5-9-7/h4-5H,2H2,1H3. The van der Waals surface area contributed by atoms with Crippen molar-refractivity contribution in [2.45, 2.75) is 6.92 Å². The molecule has 10 heavy (non-hydrogen) atoms. The van der Waals surface area contributed by atoms with Gasteiger partial charge in [-0.25, -0.2) is 9.37 Å². The zero-order chi connectivity index (χ0) is 7.40. The Balaban J connectivity index is 2.69. The summed E-state index contributed by atoms with van der Waals surface area (Å²) in [6, 6.07) is 3.70. The van der Waals surface area contributed by atoms with Crippen LogP contribution in [0.5, 0.6) is 5.88 Å². The van der Waals surface area contributed by atoms with Crippen LogP contribution in [0.4, 0.5) is 4.39 Å². The van der Waals surface area contributed by atoms with Crippen LogP contribution in [0.25, 0.3) is 0 Å². The molecular formula is C7H7FNO. The first-order valence-electron chi connectivity index (χ1n) is 2.99. The van der Waals surface area contributed by atoms with Crippen LogP contribution in [-0.4, -0.2) is 11.6 Å². The minimum atomic E-state index is -0.469. The van der Waals surface area contributed by atoms with E-state index >= 15 is 0 Å². The molecule has 0 fully saturated rings. The highest BCUT2D eigenvalue weighted by Gasteiger charge is 1.92. The Morgan fingerprint density at radius 2 is 2.60 bits per heavy atom. The van der Waals surface area contributed by atoms with Crippen LogP contribution in [0.15, 0.2) is 12.3 Å². The molecule has 0 amide bonds. The summed E-state index contributed by atoms with van der Waals surface area (Å²) < 4.78 is 17.1. The number of ether oxygens (including phenoxy) is 1. The van der Waals surface area contributed by atoms with E-state index < -0.39 is 5.82 Å². The number of aromatic nitrogens is 1. The van der Waals surface area contributed by atoms with Crippen molar-refractivity contribution >= 4 is 0 Å². The van der Waals surface area contributed by atoms with Crippen LogP contribution in [0.2, 0.25) is 0 Å². The Hall–Kier alpha value is -1.12. The minimum Gasteiger partial charge on any atom is -0.478 e. The third kappa shape index (κ3) is 1.69. The molecule has 0 aromatic carbocycles. The van der Waals surface area contributed by atoms with Crippen molar-refractivity contribution in [1.29, 1.82) is 0 Å². The average Bonchev–Trinajstić information content (AvgIpc) is 1.95. The van der Waals surface area contributed by atoms with E-state index in [2.05, 4.69) is 11.1 Å². The van der Waals surface area contributed by atoms with Crippen LogP contribution >= 0.6 is 0 Å². The van der Waals surface area contributed by atoms with E-state index in [9.17, 15) is 4.39 Å². The van der Waals surface area contributed by atoms with Gasteiger partial charge in [-0.3, -0.25) is 0 Å². The molecule has 1 radical (unpaired) electrons. The molecule has 0 N–H and O–H groups in total. The van der Waals surface area contributed by atoms with Gasteiger partial charge in [0.15, 0.2) is 0 Å². The summed E-state index contributed by atoms with van der Waals surface area (Å²) in [5.74, 6) is -0.0626. The maximum atomic E-state index is 12.2. The van der Waals surface area contributed by atoms with Gasteiger partial charge in [-0.05, 0) is 6.92 Å². The molecule has 0 unspecified atom stereocenters. The molecule has 0 saturated heterocycles. The van der Waals surface area contributed by atoms with Gasteiger partial charge in [-0.2, -0.15) is 0 Å². The lowest BCUT2D eigenvalue weighted by molar-refractivity contribution is 0.325. The molecule has 0 aliphatic rings. The number of rotatable bonds is 2. The lowest BCUT2D eigenvalue weighted by atomic mass is 10.5. The Bertz CT molecular complexity index is 197. The average molecular weight is 140 g/mol. The van der Waals surface area contributed by atoms with Gasteiger partial charge in [0.2, 0.25) is 5.88 Å². The van der Waals surface area contributed by atoms with Crippen molar-refractivity contribution in [3.05, 3.63) is 24.1 Å². The highest BCUT2D eigenvalue weighted by molar-refractivity contribution is 5.08. The van der Waals surface area contributed by atoms with E-state index in [0.717, 1.165) is 6.20 Å². The fourth-order valence-corrected chi connectivity index (χ4v) is 0.552. The van der Waals surface area contributed by atoms with Gasteiger partial charge in [-0.15, -0.1) is 0 Å². The van der Waals surface area contributed by atoms with Crippen LogP contribution < -0.4 is 4.74 Å². The lowest BCUT2D eigenvalue weighted by Crippen LogP contribution is -1.93. The van der Waals surface area contributed by atoms with Crippen LogP contribution in [0.3, 0.4) is 0 Å². The third-order valence-electron chi connectivity index (χ3n) is 0.931. The van der Waals surface area contributed by atoms with Gasteiger partial charge in [0.05, 0.1) is 12.8 Å². The Morgan fingerprint density at radius 1 is 1.80 bits per heavy atom. The first-order chi connectivity index (χ1) is 4.83. The van der Waals surface area contributed by atoms with Crippen molar-refractivity contribution in [2.75, 3.05) is 6.61 Å². The Labute approximate surface area is 58.7 Å². The number of halogens is 1. The minimum absolute atomic E-state index is 0.406. The summed E-state index contributed by atoms with van der Waals surface area (Å²) >= 11 is 0. The van der Waals surface area contributed by atoms with Crippen molar-refractivity contribution in [3.8, 4) is 5.88 Å². The smallest absolute Gasteiger partial charge is 0.213 e. The topological polar surface area (TPSA) is 22.1 Å². The largest absolute Gasteiger partial charge is 0.478 e. The summed E-state index contributed by atoms with van der Waals surface area (Å²) in [6.07, 6.45) is 1.07. The molecule has 2 nitrogen and oxygen atoms in total. The molecule has 0 bridgehead atoms. The molecule has 1 heterocycles. The molecular weight excluding hydrogens is 133 g/mol. The monoisotopic (exact) mass is 140 g/mol. The number of hydrogen-bond acceptors (Lipinski definition) is 2. The molecule has 0 saturated carbocycles. The molecule has 0 atom stereocenters. The molecule has 1 aromatic rings. The number of pyridine rings is 1. The molecule has 3 heteroatoms. The summed E-state index contributed by atoms with van der Waals surface area (Å²) in [4.78, 5) is 3.64. The van der Waals surface area contributed by atoms with Crippen molar-refractivity contribution in [1.82, 2.24) is 4.98 Å². The Morgan fingerprint density at radius 3 is 3.10 bits per heavy atom. The fourth-order valence-electron chi connectivity index (χ4n) is 0.552. The molecule has 1 rings (SSSR count). The quantitative estimate of drug-likeness (QED) is 0.619. The zero-order valence-electron chi connectivity index (χ0n) is 5.60. The molecule has 53 valence electrons. The van der Waals surface area contributed by atoms with Crippen LogP contribution in [0.1, 0.15) is 6.92 Å². The van der Waals surface area contributed by atoms with Gasteiger partial charge < -0.3 is 4.74 Å². The summed E-state index contributed by atoms with van der Waals surface area (Å²) in [7, 11) is 0. The van der Waals surface area contributed by atoms with E-state index in [4.69, 9.17) is 4.74 Å². The molecule has 0 aliphatic carbocycles. The fraction of sp³-hybridized carbons (Fsp3) is 0.286. The van der Waals surface area contributed by atoms with Crippen LogP contribution in [-0.2, 0) is 0 Å². The third-order valence-corrected chi connectivity index (χ3v) is 0.931. The maximum Gasteiger partial charge on any atom is 0.213 e. The van der Waals surface area contributed by atoms with E-state index in [1.165, 1.54) is 6.07 Å². The molecule has 1 aromatic heterocycles. The van der Waals surface area contributed by atoms with E-state index in [1.54, 1.807) is 0 Å². The predicted molar refractivity (Wildman–Crippen MR) is 34.2 cm³/mol. The second-order valence-corrected chi connectivity index (χ2v) is 1.67. The van der Waals surface area contributed by atoms with E-state index in [0.29, 0.717) is 12.5 Å². The highest BCUT2D eigenvalue weighted by Crippen LogP contribution is 2.04. The van der Waals surface area contributed by atoms with Gasteiger partial charge >= 0.3 is 0 Å². The maximum absolute atomic E-state index is 12.2. The van der Waals surface area contributed by atoms with E-state index in [1.807, 2.05) is 6.92 Å². The van der Waals surface area contributed by atoms with Gasteiger partial charge in [0.25, 0.3) is 0 Å². The zero-order valence-corrected chi connectivity index (χ0v) is 5.60. The van der Waals surface area contributed by atoms with Crippen molar-refractivity contribution in [3.63, 3.8) is 0 Å². The van der Waals surface area contributed by atoms with Crippen molar-refractivity contribution < 1.29 is 9.13 Å². The number of nitrogens with zero attached hydrogens (tertiary/aromatic N) is 1. The first kappa shape index (κ1) is 6.99. The molecule has 0 spiro atoms. The highest BCUT2D eigenvalue weighted by atomic mass is 19.1. The van der Waals surface area contributed by atoms with E-state index in [-0.39, 0.29) is 0 Å². The predicted octanol–water partition coefficient (Wildman–Crippen LogP) is 1.42. The number of hydrogen-bond donors (Lipinski definition) is 0. The summed E-state index contributed by atoms with van der Waals surface area (Å²) in [5.41, 5.74) is 0. The second kappa shape index (κ2) is 3.15. The van der Waals surface area contributed by atoms with Gasteiger partial charge in [0, 0.05) is 12.1 Å². The van der Waals surface area contributed by atoms with Crippen molar-refractivity contribution in [2.24, 2.45) is 0 Å². The van der Waals surface area contributed by atoms with Gasteiger partial charge in [0.1, 0.15) is 5.82 Å².